The van der Waals surface area contributed by atoms with Crippen molar-refractivity contribution in [1.82, 2.24) is 19.7 Å². The molecule has 4 rings (SSSR count). The monoisotopic (exact) mass is 507 g/mol. The topological polar surface area (TPSA) is 62.5 Å². The van der Waals surface area contributed by atoms with Crippen LogP contribution in [0.4, 0.5) is 5.69 Å². The molecule has 0 saturated carbocycles. The lowest BCUT2D eigenvalue weighted by atomic mass is 10.0. The fraction of sp³-hybridized carbons (Fsp3) is 0.581. The van der Waals surface area contributed by atoms with Crippen LogP contribution in [0.5, 0.6) is 0 Å². The maximum Gasteiger partial charge on any atom is 0.139 e. The number of nitrogens with zero attached hydrogens (tertiary/aromatic N) is 4. The lowest BCUT2D eigenvalue weighted by Crippen LogP contribution is -2.54. The highest BCUT2D eigenvalue weighted by atomic mass is 16.1. The van der Waals surface area contributed by atoms with Gasteiger partial charge < -0.3 is 19.4 Å². The normalized spacial score (nSPS) is 17.1. The van der Waals surface area contributed by atoms with Gasteiger partial charge in [-0.1, -0.05) is 33.3 Å². The van der Waals surface area contributed by atoms with Crippen LogP contribution in [0.1, 0.15) is 88.9 Å². The van der Waals surface area contributed by atoms with Gasteiger partial charge in [0.15, 0.2) is 0 Å². The smallest absolute Gasteiger partial charge is 0.139 e. The molecule has 0 amide bonds. The molecule has 204 valence electrons. The van der Waals surface area contributed by atoms with E-state index in [0.717, 1.165) is 50.1 Å². The quantitative estimate of drug-likeness (QED) is 0.417. The number of hydrogen-bond donors (Lipinski definition) is 1. The van der Waals surface area contributed by atoms with E-state index in [4.69, 9.17) is 0 Å². The number of nitrogens with one attached hydrogen (secondary N) is 1. The van der Waals surface area contributed by atoms with Crippen LogP contribution in [0, 0.1) is 20.8 Å². The minimum absolute atomic E-state index is 0.289. The summed E-state index contributed by atoms with van der Waals surface area (Å²) >= 11 is 0. The van der Waals surface area contributed by atoms with Crippen molar-refractivity contribution < 1.29 is 4.79 Å². The van der Waals surface area contributed by atoms with Crippen LogP contribution in [-0.4, -0.2) is 45.3 Å². The van der Waals surface area contributed by atoms with Gasteiger partial charge in [-0.2, -0.15) is 0 Å². The molecule has 0 aromatic carbocycles. The highest BCUT2D eigenvalue weighted by Crippen LogP contribution is 2.25. The summed E-state index contributed by atoms with van der Waals surface area (Å²) in [6.45, 7) is 21.0. The molecule has 3 aromatic heterocycles. The molecule has 1 saturated heterocycles. The number of piperazine rings is 1. The number of carbonyl (C=O) groups excluding carboxylic acids is 1. The molecule has 1 fully saturated rings. The predicted molar refractivity (Wildman–Crippen MR) is 157 cm³/mol. The van der Waals surface area contributed by atoms with E-state index in [2.05, 4.69) is 90.7 Å². The maximum atomic E-state index is 10.0. The average molecular weight is 508 g/mol. The number of aryl methyl sites for hydroxylation is 4. The Morgan fingerprint density at radius 2 is 1.73 bits per heavy atom. The summed E-state index contributed by atoms with van der Waals surface area (Å²) in [5, 5.41) is 3.59. The number of ketones is 1. The summed E-state index contributed by atoms with van der Waals surface area (Å²) in [4.78, 5) is 21.5. The predicted octanol–water partition coefficient (Wildman–Crippen LogP) is 6.42. The number of aromatic nitrogens is 3. The first-order valence-corrected chi connectivity index (χ1v) is 14.0. The van der Waals surface area contributed by atoms with Crippen LogP contribution < -0.4 is 10.2 Å². The Kier molecular flexibility index (Phi) is 12.3. The average Bonchev–Trinajstić information content (AvgIpc) is 3.21. The zero-order valence-electron chi connectivity index (χ0n) is 24.7. The molecular formula is C31H49N5O. The molecule has 2 atom stereocenters. The highest BCUT2D eigenvalue weighted by molar-refractivity contribution is 5.75. The fourth-order valence-corrected chi connectivity index (χ4v) is 4.97. The van der Waals surface area contributed by atoms with E-state index < -0.39 is 0 Å². The van der Waals surface area contributed by atoms with Crippen LogP contribution in [-0.2, 0) is 17.6 Å². The number of carbonyl (C=O) groups is 1. The summed E-state index contributed by atoms with van der Waals surface area (Å²) in [5.74, 6) is 0.289. The molecule has 37 heavy (non-hydrogen) atoms. The summed E-state index contributed by atoms with van der Waals surface area (Å²) < 4.78 is 2.11. The van der Waals surface area contributed by atoms with Crippen molar-refractivity contribution in [3.63, 3.8) is 0 Å². The van der Waals surface area contributed by atoms with Gasteiger partial charge in [0.2, 0.25) is 0 Å². The van der Waals surface area contributed by atoms with Gasteiger partial charge in [0.1, 0.15) is 11.4 Å². The second-order valence-electron chi connectivity index (χ2n) is 10.5. The Bertz CT molecular complexity index is 1130. The molecule has 0 spiro atoms. The van der Waals surface area contributed by atoms with Gasteiger partial charge in [0, 0.05) is 61.6 Å². The Morgan fingerprint density at radius 3 is 2.27 bits per heavy atom. The number of rotatable bonds is 6. The van der Waals surface area contributed by atoms with Crippen molar-refractivity contribution >= 4 is 17.1 Å². The van der Waals surface area contributed by atoms with E-state index in [1.165, 1.54) is 34.5 Å². The van der Waals surface area contributed by atoms with Crippen molar-refractivity contribution in [3.8, 4) is 0 Å². The van der Waals surface area contributed by atoms with Crippen molar-refractivity contribution in [2.75, 3.05) is 18.0 Å². The second-order valence-corrected chi connectivity index (χ2v) is 10.5. The van der Waals surface area contributed by atoms with Crippen LogP contribution in [0.15, 0.2) is 30.7 Å². The lowest BCUT2D eigenvalue weighted by molar-refractivity contribution is -0.117. The van der Waals surface area contributed by atoms with Crippen molar-refractivity contribution in [3.05, 3.63) is 58.8 Å². The minimum Gasteiger partial charge on any atom is -0.368 e. The van der Waals surface area contributed by atoms with Crippen LogP contribution >= 0.6 is 0 Å². The van der Waals surface area contributed by atoms with E-state index in [9.17, 15) is 4.79 Å². The first-order chi connectivity index (χ1) is 17.6. The van der Waals surface area contributed by atoms with E-state index >= 15 is 0 Å². The summed E-state index contributed by atoms with van der Waals surface area (Å²) in [5.41, 5.74) is 8.79. The Balaban J connectivity index is 0.000000221. The first-order valence-electron chi connectivity index (χ1n) is 14.0. The zero-order chi connectivity index (χ0) is 27.5. The Morgan fingerprint density at radius 1 is 1.05 bits per heavy atom. The van der Waals surface area contributed by atoms with E-state index in [1.54, 1.807) is 6.92 Å². The SMILES string of the molecule is CCCC(C)=O.CCCc1c(N2CC(C)NC(C)C2)ccnc1C.CCc1cc(C)c2nc(C)cn2c1. The first kappa shape index (κ1) is 30.5. The van der Waals surface area contributed by atoms with Crippen molar-refractivity contribution in [1.29, 1.82) is 0 Å². The van der Waals surface area contributed by atoms with E-state index in [-0.39, 0.29) is 5.78 Å². The third-order valence-corrected chi connectivity index (χ3v) is 6.57. The molecule has 4 heterocycles. The third kappa shape index (κ3) is 9.26. The molecule has 1 aliphatic heterocycles. The maximum absolute atomic E-state index is 10.0. The van der Waals surface area contributed by atoms with Gasteiger partial charge in [-0.05, 0) is 83.6 Å². The van der Waals surface area contributed by atoms with Gasteiger partial charge in [-0.15, -0.1) is 0 Å². The molecule has 0 radical (unpaired) electrons. The van der Waals surface area contributed by atoms with Gasteiger partial charge in [-0.3, -0.25) is 4.98 Å². The van der Waals surface area contributed by atoms with Gasteiger partial charge >= 0.3 is 0 Å². The lowest BCUT2D eigenvalue weighted by Gasteiger charge is -2.38. The molecule has 1 N–H and O–H groups in total. The van der Waals surface area contributed by atoms with E-state index in [0.29, 0.717) is 12.1 Å². The molecule has 0 bridgehead atoms. The van der Waals surface area contributed by atoms with Crippen molar-refractivity contribution in [2.45, 2.75) is 107 Å². The standard InChI is InChI=1S/C15H25N3.C11H14N2.C5H10O/c1-5-6-14-13(4)16-8-7-15(14)18-9-11(2)17-12(3)10-18;1-4-10-5-8(2)11-12-9(3)6-13(11)7-10;1-3-4-5(2)6/h7-8,11-12,17H,5-6,9-10H2,1-4H3;5-7H,4H2,1-3H3;3-4H2,1-2H3. The number of fused-ring (bicyclic) bond motifs is 1. The molecule has 0 aliphatic carbocycles. The van der Waals surface area contributed by atoms with E-state index in [1.807, 2.05) is 20.0 Å². The van der Waals surface area contributed by atoms with Crippen LogP contribution in [0.2, 0.25) is 0 Å². The molecule has 2 unspecified atom stereocenters. The molecule has 3 aromatic rings. The number of pyridine rings is 2. The molecule has 6 nitrogen and oxygen atoms in total. The highest BCUT2D eigenvalue weighted by Gasteiger charge is 2.23. The van der Waals surface area contributed by atoms with Gasteiger partial charge in [-0.25, -0.2) is 4.98 Å². The molecule has 6 heteroatoms. The summed E-state index contributed by atoms with van der Waals surface area (Å²) in [7, 11) is 0. The number of anilines is 1. The fourth-order valence-electron chi connectivity index (χ4n) is 4.97. The zero-order valence-corrected chi connectivity index (χ0v) is 24.7. The van der Waals surface area contributed by atoms with Crippen LogP contribution in [0.3, 0.4) is 0 Å². The third-order valence-electron chi connectivity index (χ3n) is 6.57. The summed E-state index contributed by atoms with van der Waals surface area (Å²) in [6, 6.07) is 5.50. The Labute approximate surface area is 224 Å². The minimum atomic E-state index is 0.289. The largest absolute Gasteiger partial charge is 0.368 e. The molecular weight excluding hydrogens is 458 g/mol. The van der Waals surface area contributed by atoms with Gasteiger partial charge in [0.25, 0.3) is 0 Å². The number of imidazole rings is 1. The number of Topliss-reactive ketones (excluding diaryl/α,β-unsaturated/α-hetero) is 1. The van der Waals surface area contributed by atoms with Crippen molar-refractivity contribution in [2.24, 2.45) is 0 Å². The Hall–Kier alpha value is -2.73. The second kappa shape index (κ2) is 14.9. The number of hydrogen-bond acceptors (Lipinski definition) is 5. The summed E-state index contributed by atoms with van der Waals surface area (Å²) in [6.07, 6.45) is 11.3. The van der Waals surface area contributed by atoms with Crippen LogP contribution in [0.25, 0.3) is 5.65 Å². The molecule has 1 aliphatic rings. The van der Waals surface area contributed by atoms with Gasteiger partial charge in [0.05, 0.1) is 5.69 Å².